The number of benzene rings is 1. The van der Waals surface area contributed by atoms with E-state index >= 15 is 4.39 Å². The van der Waals surface area contributed by atoms with Crippen LogP contribution in [0.1, 0.15) is 35.0 Å². The van der Waals surface area contributed by atoms with Crippen LogP contribution in [-0.2, 0) is 7.05 Å². The molecule has 35 heavy (non-hydrogen) atoms. The first-order chi connectivity index (χ1) is 16.6. The predicted octanol–water partition coefficient (Wildman–Crippen LogP) is 3.88. The van der Waals surface area contributed by atoms with E-state index in [1.54, 1.807) is 12.1 Å². The molecule has 1 atom stereocenters. The number of amides is 1. The number of rotatable bonds is 5. The van der Waals surface area contributed by atoms with Crippen LogP contribution in [0, 0.1) is 12.7 Å². The van der Waals surface area contributed by atoms with Crippen LogP contribution in [0.2, 0.25) is 0 Å². The number of aryl methyl sites for hydroxylation is 2. The van der Waals surface area contributed by atoms with Crippen LogP contribution in [0.5, 0.6) is 0 Å². The maximum Gasteiger partial charge on any atom is 0.264 e. The van der Waals surface area contributed by atoms with E-state index in [1.807, 2.05) is 18.7 Å². The van der Waals surface area contributed by atoms with E-state index in [1.165, 1.54) is 25.4 Å². The lowest BCUT2D eigenvalue weighted by Crippen LogP contribution is -2.49. The van der Waals surface area contributed by atoms with Gasteiger partial charge in [-0.05, 0) is 32.0 Å². The van der Waals surface area contributed by atoms with E-state index in [-0.39, 0.29) is 22.9 Å². The Morgan fingerprint density at radius 3 is 2.69 bits per heavy atom. The molecular formula is C25H26F3N5O2. The van der Waals surface area contributed by atoms with Gasteiger partial charge >= 0.3 is 0 Å². The highest BCUT2D eigenvalue weighted by Crippen LogP contribution is 2.35. The van der Waals surface area contributed by atoms with E-state index in [0.717, 1.165) is 22.5 Å². The van der Waals surface area contributed by atoms with E-state index in [2.05, 4.69) is 15.6 Å². The zero-order valence-electron chi connectivity index (χ0n) is 19.6. The summed E-state index contributed by atoms with van der Waals surface area (Å²) in [7, 11) is 1.38. The Hall–Kier alpha value is -3.66. The fraction of sp³-hybridized carbons (Fsp3) is 0.320. The molecule has 1 amide bonds. The highest BCUT2D eigenvalue weighted by Gasteiger charge is 2.25. The monoisotopic (exact) mass is 485 g/mol. The Morgan fingerprint density at radius 1 is 1.26 bits per heavy atom. The van der Waals surface area contributed by atoms with Gasteiger partial charge in [-0.15, -0.1) is 0 Å². The summed E-state index contributed by atoms with van der Waals surface area (Å²) in [6.07, 6.45) is -0.394. The Kier molecular flexibility index (Phi) is 6.93. The summed E-state index contributed by atoms with van der Waals surface area (Å²) in [5.41, 5.74) is 0.573. The molecule has 7 nitrogen and oxygen atoms in total. The van der Waals surface area contributed by atoms with Crippen molar-refractivity contribution in [1.29, 1.82) is 0 Å². The second-order valence-electron chi connectivity index (χ2n) is 8.69. The zero-order chi connectivity index (χ0) is 25.3. The van der Waals surface area contributed by atoms with Crippen LogP contribution in [0.3, 0.4) is 0 Å². The van der Waals surface area contributed by atoms with Crippen LogP contribution in [0.25, 0.3) is 11.1 Å². The summed E-state index contributed by atoms with van der Waals surface area (Å²) in [6, 6.07) is 7.19. The molecule has 2 aromatic heterocycles. The normalized spacial score (nSPS) is 16.0. The van der Waals surface area contributed by atoms with Crippen LogP contribution in [0.15, 0.2) is 47.5 Å². The van der Waals surface area contributed by atoms with Gasteiger partial charge in [0.15, 0.2) is 0 Å². The van der Waals surface area contributed by atoms with E-state index in [9.17, 15) is 18.4 Å². The number of carbonyl (C=O) groups excluding carboxylic acids is 1. The number of aromatic nitrogens is 2. The quantitative estimate of drug-likeness (QED) is 0.574. The number of alkyl halides is 2. The minimum absolute atomic E-state index is 0.130. The topological polar surface area (TPSA) is 79.3 Å². The van der Waals surface area contributed by atoms with Crippen molar-refractivity contribution in [3.8, 4) is 11.1 Å². The van der Waals surface area contributed by atoms with Gasteiger partial charge in [-0.2, -0.15) is 0 Å². The van der Waals surface area contributed by atoms with E-state index in [0.29, 0.717) is 30.9 Å². The van der Waals surface area contributed by atoms with Gasteiger partial charge in [0.1, 0.15) is 5.82 Å². The number of hydrogen-bond donors (Lipinski definition) is 2. The average molecular weight is 486 g/mol. The van der Waals surface area contributed by atoms with Crippen LogP contribution in [0.4, 0.5) is 24.5 Å². The number of nitrogens with zero attached hydrogens (tertiary/aromatic N) is 3. The zero-order valence-corrected chi connectivity index (χ0v) is 19.6. The minimum Gasteiger partial charge on any atom is -0.367 e. The highest BCUT2D eigenvalue weighted by atomic mass is 19.3. The Morgan fingerprint density at radius 2 is 2.03 bits per heavy atom. The molecule has 0 aliphatic carbocycles. The second kappa shape index (κ2) is 9.91. The molecule has 1 fully saturated rings. The predicted molar refractivity (Wildman–Crippen MR) is 129 cm³/mol. The number of halogens is 3. The molecule has 1 aliphatic heterocycles. The van der Waals surface area contributed by atoms with Gasteiger partial charge in [-0.1, -0.05) is 6.07 Å². The van der Waals surface area contributed by atoms with Crippen molar-refractivity contribution in [2.24, 2.45) is 7.05 Å². The van der Waals surface area contributed by atoms with Crippen LogP contribution < -0.4 is 21.1 Å². The molecule has 0 saturated carbocycles. The maximum atomic E-state index is 15.3. The molecule has 3 heterocycles. The molecule has 0 radical (unpaired) electrons. The van der Waals surface area contributed by atoms with Crippen molar-refractivity contribution < 1.29 is 18.0 Å². The summed E-state index contributed by atoms with van der Waals surface area (Å²) in [6.45, 7) is 5.60. The third kappa shape index (κ3) is 5.22. The third-order valence-corrected chi connectivity index (χ3v) is 6.01. The van der Waals surface area contributed by atoms with Crippen molar-refractivity contribution >= 4 is 17.3 Å². The molecule has 1 aromatic carbocycles. The Bertz CT molecular complexity index is 1310. The fourth-order valence-corrected chi connectivity index (χ4v) is 4.13. The molecule has 1 saturated heterocycles. The summed E-state index contributed by atoms with van der Waals surface area (Å²) >= 11 is 0. The first kappa shape index (κ1) is 24.5. The van der Waals surface area contributed by atoms with Gasteiger partial charge in [0.2, 0.25) is 0 Å². The van der Waals surface area contributed by atoms with E-state index < -0.39 is 29.3 Å². The second-order valence-corrected chi connectivity index (χ2v) is 8.69. The first-order valence-corrected chi connectivity index (χ1v) is 11.2. The lowest BCUT2D eigenvalue weighted by Gasteiger charge is -2.35. The molecule has 0 spiro atoms. The summed E-state index contributed by atoms with van der Waals surface area (Å²) in [5.74, 6) is -1.31. The third-order valence-electron chi connectivity index (χ3n) is 6.01. The standard InChI is InChI=1S/C25H26F3N5O2/c1-14-4-5-16(11-30-14)17-8-21(22(10-20(17)26)33-7-6-29-15(2)12-33)31-25(35)19-13-32(3)23(34)9-18(19)24(27)28/h4-5,8-11,13,15,24,29H,6-7,12H2,1-3H3,(H,31,35)/t15-/m0/s1. The molecule has 184 valence electrons. The van der Waals surface area contributed by atoms with Gasteiger partial charge in [-0.3, -0.25) is 14.6 Å². The number of anilines is 2. The number of hydrogen-bond acceptors (Lipinski definition) is 5. The number of nitrogens with one attached hydrogen (secondary N) is 2. The molecule has 4 rings (SSSR count). The van der Waals surface area contributed by atoms with Gasteiger partial charge in [-0.25, -0.2) is 13.2 Å². The molecule has 0 unspecified atom stereocenters. The van der Waals surface area contributed by atoms with E-state index in [4.69, 9.17) is 0 Å². The fourth-order valence-electron chi connectivity index (χ4n) is 4.13. The largest absolute Gasteiger partial charge is 0.367 e. The lowest BCUT2D eigenvalue weighted by atomic mass is 10.0. The summed E-state index contributed by atoms with van der Waals surface area (Å²) < 4.78 is 43.6. The lowest BCUT2D eigenvalue weighted by molar-refractivity contribution is 0.101. The van der Waals surface area contributed by atoms with Crippen molar-refractivity contribution in [3.63, 3.8) is 0 Å². The average Bonchev–Trinajstić information content (AvgIpc) is 2.82. The molecular weight excluding hydrogens is 459 g/mol. The molecule has 3 aromatic rings. The van der Waals surface area contributed by atoms with Crippen molar-refractivity contribution in [3.05, 3.63) is 75.7 Å². The van der Waals surface area contributed by atoms with Gasteiger partial charge in [0, 0.05) is 73.6 Å². The molecule has 0 bridgehead atoms. The van der Waals surface area contributed by atoms with Gasteiger partial charge in [0.05, 0.1) is 16.9 Å². The Labute approximate surface area is 200 Å². The van der Waals surface area contributed by atoms with Crippen molar-refractivity contribution in [2.45, 2.75) is 26.3 Å². The smallest absolute Gasteiger partial charge is 0.264 e. The number of piperazine rings is 1. The first-order valence-electron chi connectivity index (χ1n) is 11.2. The Balaban J connectivity index is 1.80. The number of pyridine rings is 2. The summed E-state index contributed by atoms with van der Waals surface area (Å²) in [5, 5.41) is 6.00. The van der Waals surface area contributed by atoms with Crippen molar-refractivity contribution in [1.82, 2.24) is 14.9 Å². The van der Waals surface area contributed by atoms with Gasteiger partial charge < -0.3 is 20.1 Å². The van der Waals surface area contributed by atoms with Crippen LogP contribution >= 0.6 is 0 Å². The SMILES string of the molecule is Cc1ccc(-c2cc(NC(=O)c3cn(C)c(=O)cc3C(F)F)c(N3CCN[C@@H](C)C3)cc2F)cn1. The van der Waals surface area contributed by atoms with Crippen LogP contribution in [-0.4, -0.2) is 41.1 Å². The molecule has 1 aliphatic rings. The maximum absolute atomic E-state index is 15.3. The highest BCUT2D eigenvalue weighted by molar-refractivity contribution is 6.07. The van der Waals surface area contributed by atoms with Gasteiger partial charge in [0.25, 0.3) is 17.9 Å². The molecule has 2 N–H and O–H groups in total. The number of carbonyl (C=O) groups is 1. The summed E-state index contributed by atoms with van der Waals surface area (Å²) in [4.78, 5) is 31.2. The minimum atomic E-state index is -3.01. The molecule has 10 heteroatoms. The van der Waals surface area contributed by atoms with Crippen molar-refractivity contribution in [2.75, 3.05) is 29.9 Å².